The molecule has 1 fully saturated rings. The van der Waals surface area contributed by atoms with Crippen molar-refractivity contribution in [3.8, 4) is 0 Å². The van der Waals surface area contributed by atoms with Crippen LogP contribution in [0.25, 0.3) is 11.0 Å². The maximum atomic E-state index is 13.4. The number of benzene rings is 1. The number of imidazole rings is 1. The molecule has 4 nitrogen and oxygen atoms in total. The molecule has 1 aliphatic heterocycles. The van der Waals surface area contributed by atoms with Crippen LogP contribution in [0.2, 0.25) is 0 Å². The lowest BCUT2D eigenvalue weighted by molar-refractivity contribution is 0.267. The summed E-state index contributed by atoms with van der Waals surface area (Å²) in [5.74, 6) is 0.783. The molecule has 3 rings (SSSR count). The molecule has 0 radical (unpaired) electrons. The summed E-state index contributed by atoms with van der Waals surface area (Å²) in [6, 6.07) is 4.83. The molecule has 114 valence electrons. The average molecular weight is 290 g/mol. The van der Waals surface area contributed by atoms with Crippen LogP contribution >= 0.6 is 0 Å². The van der Waals surface area contributed by atoms with E-state index in [1.165, 1.54) is 12.1 Å². The fraction of sp³-hybridized carbons (Fsp3) is 0.562. The fourth-order valence-corrected chi connectivity index (χ4v) is 3.25. The van der Waals surface area contributed by atoms with E-state index < -0.39 is 0 Å². The van der Waals surface area contributed by atoms with Crippen molar-refractivity contribution < 1.29 is 4.39 Å². The van der Waals surface area contributed by atoms with Gasteiger partial charge in [-0.2, -0.15) is 0 Å². The van der Waals surface area contributed by atoms with Gasteiger partial charge >= 0.3 is 0 Å². The van der Waals surface area contributed by atoms with Gasteiger partial charge in [-0.25, -0.2) is 9.37 Å². The number of nitrogens with zero attached hydrogens (tertiary/aromatic N) is 3. The van der Waals surface area contributed by atoms with Crippen molar-refractivity contribution in [2.75, 3.05) is 19.6 Å². The van der Waals surface area contributed by atoms with Crippen molar-refractivity contribution in [1.82, 2.24) is 14.5 Å². The Bertz CT molecular complexity index is 651. The van der Waals surface area contributed by atoms with Crippen LogP contribution in [0.4, 0.5) is 4.39 Å². The van der Waals surface area contributed by atoms with Crippen LogP contribution in [0.1, 0.15) is 26.1 Å². The summed E-state index contributed by atoms with van der Waals surface area (Å²) in [6.07, 6.45) is 1.13. The van der Waals surface area contributed by atoms with Crippen LogP contribution in [0.5, 0.6) is 0 Å². The average Bonchev–Trinajstić information content (AvgIpc) is 2.99. The van der Waals surface area contributed by atoms with Crippen LogP contribution in [0.15, 0.2) is 18.2 Å². The first-order valence-corrected chi connectivity index (χ1v) is 7.62. The van der Waals surface area contributed by atoms with Crippen molar-refractivity contribution in [3.63, 3.8) is 0 Å². The second-order valence-corrected chi connectivity index (χ2v) is 6.38. The minimum absolute atomic E-state index is 0.217. The van der Waals surface area contributed by atoms with E-state index in [-0.39, 0.29) is 11.2 Å². The number of rotatable bonds is 4. The molecule has 5 heteroatoms. The minimum atomic E-state index is -0.230. The van der Waals surface area contributed by atoms with Gasteiger partial charge in [-0.3, -0.25) is 4.90 Å². The van der Waals surface area contributed by atoms with Crippen molar-refractivity contribution in [1.29, 1.82) is 0 Å². The molecule has 1 aliphatic rings. The van der Waals surface area contributed by atoms with Gasteiger partial charge in [0.2, 0.25) is 0 Å². The molecule has 1 unspecified atom stereocenters. The van der Waals surface area contributed by atoms with E-state index in [9.17, 15) is 4.39 Å². The molecule has 0 bridgehead atoms. The molecule has 2 aromatic rings. The molecule has 0 aliphatic carbocycles. The highest BCUT2D eigenvalue weighted by atomic mass is 19.1. The molecule has 1 aromatic heterocycles. The topological polar surface area (TPSA) is 47.1 Å². The molecule has 1 aromatic carbocycles. The van der Waals surface area contributed by atoms with Crippen LogP contribution in [0.3, 0.4) is 0 Å². The highest BCUT2D eigenvalue weighted by Gasteiger charge is 2.32. The molecule has 2 N–H and O–H groups in total. The number of fused-ring (bicyclic) bond motifs is 1. The third-order valence-corrected chi connectivity index (χ3v) is 4.60. The highest BCUT2D eigenvalue weighted by molar-refractivity contribution is 5.76. The van der Waals surface area contributed by atoms with Gasteiger partial charge in [-0.15, -0.1) is 0 Å². The highest BCUT2D eigenvalue weighted by Crippen LogP contribution is 2.30. The Hall–Kier alpha value is -1.46. The van der Waals surface area contributed by atoms with E-state index in [0.717, 1.165) is 56.0 Å². The summed E-state index contributed by atoms with van der Waals surface area (Å²) in [7, 11) is 0. The van der Waals surface area contributed by atoms with Crippen LogP contribution < -0.4 is 5.73 Å². The second-order valence-electron chi connectivity index (χ2n) is 6.38. The third-order valence-electron chi connectivity index (χ3n) is 4.60. The Kier molecular flexibility index (Phi) is 3.71. The van der Waals surface area contributed by atoms with Gasteiger partial charge in [-0.05, 0) is 44.0 Å². The zero-order valence-corrected chi connectivity index (χ0v) is 12.8. The first kappa shape index (κ1) is 14.5. The van der Waals surface area contributed by atoms with Crippen molar-refractivity contribution in [2.24, 2.45) is 11.1 Å². The predicted octanol–water partition coefficient (Wildman–Crippen LogP) is 2.37. The molecule has 1 saturated heterocycles. The summed E-state index contributed by atoms with van der Waals surface area (Å²) in [4.78, 5) is 7.03. The standard InChI is InChI=1S/C16H23FN4/c1-3-21-14-5-4-12(17)8-13(14)19-15(21)9-20-7-6-16(2,10-18)11-20/h4-5,8H,3,6-7,9-11,18H2,1-2H3. The van der Waals surface area contributed by atoms with Crippen LogP contribution in [-0.2, 0) is 13.1 Å². The maximum absolute atomic E-state index is 13.4. The maximum Gasteiger partial charge on any atom is 0.125 e. The second kappa shape index (κ2) is 5.39. The summed E-state index contributed by atoms with van der Waals surface area (Å²) < 4.78 is 15.5. The monoisotopic (exact) mass is 290 g/mol. The molecule has 1 atom stereocenters. The molecule has 0 spiro atoms. The molecular formula is C16H23FN4. The van der Waals surface area contributed by atoms with Gasteiger partial charge in [0.25, 0.3) is 0 Å². The first-order valence-electron chi connectivity index (χ1n) is 7.62. The molecule has 2 heterocycles. The van der Waals surface area contributed by atoms with E-state index in [1.807, 2.05) is 6.07 Å². The number of hydrogen-bond donors (Lipinski definition) is 1. The molecule has 0 saturated carbocycles. The quantitative estimate of drug-likeness (QED) is 0.940. The lowest BCUT2D eigenvalue weighted by Crippen LogP contribution is -2.31. The summed E-state index contributed by atoms with van der Waals surface area (Å²) in [6.45, 7) is 8.77. The summed E-state index contributed by atoms with van der Waals surface area (Å²) in [5.41, 5.74) is 7.84. The van der Waals surface area contributed by atoms with Gasteiger partial charge in [0.05, 0.1) is 17.6 Å². The Morgan fingerprint density at radius 3 is 2.90 bits per heavy atom. The van der Waals surface area contributed by atoms with E-state index >= 15 is 0 Å². The van der Waals surface area contributed by atoms with Crippen molar-refractivity contribution >= 4 is 11.0 Å². The van der Waals surface area contributed by atoms with Gasteiger partial charge in [0.1, 0.15) is 11.6 Å². The molecule has 0 amide bonds. The number of aryl methyl sites for hydroxylation is 1. The number of aromatic nitrogens is 2. The number of hydrogen-bond acceptors (Lipinski definition) is 3. The zero-order chi connectivity index (χ0) is 15.0. The largest absolute Gasteiger partial charge is 0.330 e. The summed E-state index contributed by atoms with van der Waals surface area (Å²) in [5, 5.41) is 0. The Balaban J connectivity index is 1.87. The lowest BCUT2D eigenvalue weighted by atomic mass is 9.90. The number of nitrogens with two attached hydrogens (primary N) is 1. The molecule has 21 heavy (non-hydrogen) atoms. The number of halogens is 1. The van der Waals surface area contributed by atoms with E-state index in [1.54, 1.807) is 0 Å². The van der Waals surface area contributed by atoms with Crippen molar-refractivity contribution in [3.05, 3.63) is 29.8 Å². The normalized spacial score (nSPS) is 23.2. The van der Waals surface area contributed by atoms with Crippen molar-refractivity contribution in [2.45, 2.75) is 33.4 Å². The van der Waals surface area contributed by atoms with Gasteiger partial charge in [0.15, 0.2) is 0 Å². The Morgan fingerprint density at radius 1 is 1.43 bits per heavy atom. The van der Waals surface area contributed by atoms with Crippen LogP contribution in [-0.4, -0.2) is 34.1 Å². The minimum Gasteiger partial charge on any atom is -0.330 e. The lowest BCUT2D eigenvalue weighted by Gasteiger charge is -2.22. The van der Waals surface area contributed by atoms with Gasteiger partial charge < -0.3 is 10.3 Å². The summed E-state index contributed by atoms with van der Waals surface area (Å²) >= 11 is 0. The number of likely N-dealkylation sites (tertiary alicyclic amines) is 1. The first-order chi connectivity index (χ1) is 10.0. The Morgan fingerprint density at radius 2 is 2.24 bits per heavy atom. The SMILES string of the molecule is CCn1c(CN2CCC(C)(CN)C2)nc2cc(F)ccc21. The zero-order valence-electron chi connectivity index (χ0n) is 12.8. The predicted molar refractivity (Wildman–Crippen MR) is 82.4 cm³/mol. The Labute approximate surface area is 124 Å². The smallest absolute Gasteiger partial charge is 0.125 e. The fourth-order valence-electron chi connectivity index (χ4n) is 3.25. The third kappa shape index (κ3) is 2.68. The van der Waals surface area contributed by atoms with E-state index in [0.29, 0.717) is 0 Å². The van der Waals surface area contributed by atoms with E-state index in [4.69, 9.17) is 5.73 Å². The van der Waals surface area contributed by atoms with Gasteiger partial charge in [-0.1, -0.05) is 6.92 Å². The van der Waals surface area contributed by atoms with E-state index in [2.05, 4.69) is 28.3 Å². The van der Waals surface area contributed by atoms with Gasteiger partial charge in [0, 0.05) is 19.2 Å². The van der Waals surface area contributed by atoms with Crippen LogP contribution in [0, 0.1) is 11.2 Å². The molecular weight excluding hydrogens is 267 g/mol.